The Morgan fingerprint density at radius 1 is 1.33 bits per heavy atom. The van der Waals surface area contributed by atoms with Crippen molar-refractivity contribution in [3.05, 3.63) is 22.8 Å². The monoisotopic (exact) mass is 267 g/mol. The third-order valence-electron chi connectivity index (χ3n) is 3.51. The van der Waals surface area contributed by atoms with Gasteiger partial charge in [0, 0.05) is 25.2 Å². The molecule has 2 atom stereocenters. The Hall–Kier alpha value is -0.610. The van der Waals surface area contributed by atoms with Crippen molar-refractivity contribution >= 4 is 21.7 Å². The molecule has 1 aromatic heterocycles. The van der Waals surface area contributed by atoms with Crippen molar-refractivity contribution in [2.24, 2.45) is 0 Å². The standard InChI is InChI=1S/C11H14BrN3/c1-14-6-9-5-8(14)7-15(9)11-4-2-3-10(12)13-11/h2-4,8-9H,5-7H2,1H3/t8-,9-/m0/s1. The van der Waals surface area contributed by atoms with Gasteiger partial charge in [0.1, 0.15) is 10.4 Å². The lowest BCUT2D eigenvalue weighted by Crippen LogP contribution is -2.44. The van der Waals surface area contributed by atoms with E-state index in [1.54, 1.807) is 0 Å². The van der Waals surface area contributed by atoms with Crippen LogP contribution in [0.4, 0.5) is 5.82 Å². The molecule has 0 N–H and O–H groups in total. The molecule has 0 unspecified atom stereocenters. The van der Waals surface area contributed by atoms with Gasteiger partial charge in [-0.15, -0.1) is 0 Å². The number of anilines is 1. The first-order chi connectivity index (χ1) is 7.24. The van der Waals surface area contributed by atoms with Gasteiger partial charge in [-0.2, -0.15) is 0 Å². The minimum atomic E-state index is 0.668. The zero-order chi connectivity index (χ0) is 10.4. The molecule has 0 amide bonds. The molecule has 2 bridgehead atoms. The molecule has 3 rings (SSSR count). The van der Waals surface area contributed by atoms with Crippen LogP contribution in [0.5, 0.6) is 0 Å². The molecular weight excluding hydrogens is 254 g/mol. The number of rotatable bonds is 1. The molecule has 0 spiro atoms. The Labute approximate surface area is 98.2 Å². The van der Waals surface area contributed by atoms with Crippen LogP contribution >= 0.6 is 15.9 Å². The minimum Gasteiger partial charge on any atom is -0.351 e. The number of nitrogens with zero attached hydrogens (tertiary/aromatic N) is 3. The molecule has 0 saturated carbocycles. The second kappa shape index (κ2) is 3.46. The number of hydrogen-bond acceptors (Lipinski definition) is 3. The molecule has 15 heavy (non-hydrogen) atoms. The minimum absolute atomic E-state index is 0.668. The first kappa shape index (κ1) is 9.60. The molecule has 0 radical (unpaired) electrons. The van der Waals surface area contributed by atoms with Gasteiger partial charge in [0.15, 0.2) is 0 Å². The van der Waals surface area contributed by atoms with E-state index in [0.717, 1.165) is 23.0 Å². The first-order valence-electron chi connectivity index (χ1n) is 5.33. The van der Waals surface area contributed by atoms with E-state index < -0.39 is 0 Å². The molecule has 2 fully saturated rings. The number of hydrogen-bond donors (Lipinski definition) is 0. The van der Waals surface area contributed by atoms with Crippen LogP contribution in [0.2, 0.25) is 0 Å². The van der Waals surface area contributed by atoms with Gasteiger partial charge in [-0.25, -0.2) is 4.98 Å². The number of likely N-dealkylation sites (tertiary alicyclic amines) is 1. The van der Waals surface area contributed by atoms with Gasteiger partial charge in [-0.1, -0.05) is 6.07 Å². The van der Waals surface area contributed by atoms with Gasteiger partial charge >= 0.3 is 0 Å². The van der Waals surface area contributed by atoms with E-state index in [1.165, 1.54) is 13.0 Å². The maximum atomic E-state index is 4.52. The Morgan fingerprint density at radius 2 is 2.20 bits per heavy atom. The topological polar surface area (TPSA) is 19.4 Å². The highest BCUT2D eigenvalue weighted by molar-refractivity contribution is 9.10. The highest BCUT2D eigenvalue weighted by atomic mass is 79.9. The summed E-state index contributed by atoms with van der Waals surface area (Å²) in [5.74, 6) is 1.12. The van der Waals surface area contributed by atoms with E-state index in [9.17, 15) is 0 Å². The first-order valence-corrected chi connectivity index (χ1v) is 6.13. The third-order valence-corrected chi connectivity index (χ3v) is 3.95. The fourth-order valence-electron chi connectivity index (χ4n) is 2.70. The Bertz CT molecular complexity index is 380. The van der Waals surface area contributed by atoms with Gasteiger partial charge in [0.2, 0.25) is 0 Å². The fourth-order valence-corrected chi connectivity index (χ4v) is 3.04. The summed E-state index contributed by atoms with van der Waals surface area (Å²) < 4.78 is 0.927. The lowest BCUT2D eigenvalue weighted by molar-refractivity contribution is 0.292. The van der Waals surface area contributed by atoms with Crippen LogP contribution in [0.15, 0.2) is 22.8 Å². The van der Waals surface area contributed by atoms with Crippen molar-refractivity contribution in [2.45, 2.75) is 18.5 Å². The van der Waals surface area contributed by atoms with Gasteiger partial charge in [0.25, 0.3) is 0 Å². The summed E-state index contributed by atoms with van der Waals surface area (Å²) in [5, 5.41) is 0. The lowest BCUT2D eigenvalue weighted by atomic mass is 10.2. The van der Waals surface area contributed by atoms with E-state index in [4.69, 9.17) is 0 Å². The highest BCUT2D eigenvalue weighted by Gasteiger charge is 2.41. The van der Waals surface area contributed by atoms with Gasteiger partial charge in [-0.3, -0.25) is 4.90 Å². The van der Waals surface area contributed by atoms with E-state index in [2.05, 4.69) is 49.9 Å². The summed E-state index contributed by atoms with van der Waals surface area (Å²) in [6, 6.07) is 7.54. The number of fused-ring (bicyclic) bond motifs is 2. The van der Waals surface area contributed by atoms with Crippen molar-refractivity contribution in [3.8, 4) is 0 Å². The summed E-state index contributed by atoms with van der Waals surface area (Å²) in [5.41, 5.74) is 0. The number of aromatic nitrogens is 1. The normalized spacial score (nSPS) is 30.1. The number of likely N-dealkylation sites (N-methyl/N-ethyl adjacent to an activating group) is 1. The van der Waals surface area contributed by atoms with Gasteiger partial charge in [0.05, 0.1) is 0 Å². The molecule has 0 aromatic carbocycles. The van der Waals surface area contributed by atoms with Crippen LogP contribution in [0.3, 0.4) is 0 Å². The third kappa shape index (κ3) is 1.56. The SMILES string of the molecule is CN1C[C@@H]2C[C@H]1CN2c1cccc(Br)n1. The zero-order valence-electron chi connectivity index (χ0n) is 8.73. The fraction of sp³-hybridized carbons (Fsp3) is 0.545. The molecule has 2 aliphatic heterocycles. The molecular formula is C11H14BrN3. The van der Waals surface area contributed by atoms with Crippen LogP contribution < -0.4 is 4.90 Å². The predicted molar refractivity (Wildman–Crippen MR) is 64.1 cm³/mol. The van der Waals surface area contributed by atoms with Crippen molar-refractivity contribution in [1.29, 1.82) is 0 Å². The van der Waals surface area contributed by atoms with Crippen LogP contribution in [0, 0.1) is 0 Å². The van der Waals surface area contributed by atoms with Crippen LogP contribution in [0.25, 0.3) is 0 Å². The second-order valence-corrected chi connectivity index (χ2v) is 5.27. The van der Waals surface area contributed by atoms with Crippen molar-refractivity contribution < 1.29 is 0 Å². The molecule has 1 aromatic rings. The molecule has 3 nitrogen and oxygen atoms in total. The molecule has 0 aliphatic carbocycles. The summed E-state index contributed by atoms with van der Waals surface area (Å²) in [6.45, 7) is 2.31. The number of piperazine rings is 1. The molecule has 80 valence electrons. The van der Waals surface area contributed by atoms with E-state index >= 15 is 0 Å². The average Bonchev–Trinajstić information content (AvgIpc) is 2.76. The zero-order valence-corrected chi connectivity index (χ0v) is 10.3. The van der Waals surface area contributed by atoms with Crippen LogP contribution in [-0.2, 0) is 0 Å². The maximum Gasteiger partial charge on any atom is 0.130 e. The van der Waals surface area contributed by atoms with E-state index in [0.29, 0.717) is 6.04 Å². The summed E-state index contributed by atoms with van der Waals surface area (Å²) >= 11 is 3.43. The van der Waals surface area contributed by atoms with E-state index in [1.807, 2.05) is 6.07 Å². The number of halogens is 1. The lowest BCUT2D eigenvalue weighted by Gasteiger charge is -2.32. The number of pyridine rings is 1. The Balaban J connectivity index is 1.86. The Morgan fingerprint density at radius 3 is 2.80 bits per heavy atom. The summed E-state index contributed by atoms with van der Waals surface area (Å²) in [6.07, 6.45) is 1.30. The highest BCUT2D eigenvalue weighted by Crippen LogP contribution is 2.32. The van der Waals surface area contributed by atoms with Crippen molar-refractivity contribution in [3.63, 3.8) is 0 Å². The van der Waals surface area contributed by atoms with E-state index in [-0.39, 0.29) is 0 Å². The molecule has 3 heterocycles. The second-order valence-electron chi connectivity index (χ2n) is 4.45. The summed E-state index contributed by atoms with van der Waals surface area (Å²) in [7, 11) is 2.22. The summed E-state index contributed by atoms with van der Waals surface area (Å²) in [4.78, 5) is 9.42. The van der Waals surface area contributed by atoms with Gasteiger partial charge in [-0.05, 0) is 41.5 Å². The average molecular weight is 268 g/mol. The largest absolute Gasteiger partial charge is 0.351 e. The maximum absolute atomic E-state index is 4.52. The quantitative estimate of drug-likeness (QED) is 0.723. The van der Waals surface area contributed by atoms with Crippen LogP contribution in [-0.4, -0.2) is 42.1 Å². The predicted octanol–water partition coefficient (Wildman–Crippen LogP) is 1.74. The van der Waals surface area contributed by atoms with Crippen molar-refractivity contribution in [2.75, 3.05) is 25.0 Å². The van der Waals surface area contributed by atoms with Crippen molar-refractivity contribution in [1.82, 2.24) is 9.88 Å². The molecule has 4 heteroatoms. The Kier molecular flexibility index (Phi) is 2.21. The smallest absolute Gasteiger partial charge is 0.130 e. The van der Waals surface area contributed by atoms with Gasteiger partial charge < -0.3 is 4.90 Å². The molecule has 2 aliphatic rings. The molecule has 2 saturated heterocycles. The van der Waals surface area contributed by atoms with Crippen LogP contribution in [0.1, 0.15) is 6.42 Å².